The number of aromatic nitrogens is 1. The number of nitrogens with zero attached hydrogens (tertiary/aromatic N) is 2. The van der Waals surface area contributed by atoms with Gasteiger partial charge in [-0.05, 0) is 43.7 Å². The quantitative estimate of drug-likeness (QED) is 0.512. The fourth-order valence-corrected chi connectivity index (χ4v) is 4.26. The highest BCUT2D eigenvalue weighted by Gasteiger charge is 2.33. The van der Waals surface area contributed by atoms with E-state index in [-0.39, 0.29) is 18.4 Å². The molecule has 3 rings (SSSR count). The molecular formula is C24H35F6N3O3. The number of aliphatic hydroxyl groups is 1. The van der Waals surface area contributed by atoms with E-state index in [1.807, 2.05) is 6.92 Å². The van der Waals surface area contributed by atoms with Crippen molar-refractivity contribution in [2.24, 2.45) is 5.92 Å². The van der Waals surface area contributed by atoms with Gasteiger partial charge in [-0.1, -0.05) is 13.8 Å². The van der Waals surface area contributed by atoms with E-state index >= 15 is 0 Å². The molecule has 0 aliphatic carbocycles. The van der Waals surface area contributed by atoms with Gasteiger partial charge in [0, 0.05) is 62.6 Å². The Kier molecular flexibility index (Phi) is 11.4. The van der Waals surface area contributed by atoms with Crippen LogP contribution in [-0.2, 0) is 28.7 Å². The molecule has 2 atom stereocenters. The van der Waals surface area contributed by atoms with E-state index in [4.69, 9.17) is 9.84 Å². The molecule has 6 nitrogen and oxygen atoms in total. The van der Waals surface area contributed by atoms with Gasteiger partial charge in [-0.15, -0.1) is 0 Å². The molecule has 3 heterocycles. The van der Waals surface area contributed by atoms with Crippen molar-refractivity contribution in [1.29, 1.82) is 0 Å². The number of pyridine rings is 1. The monoisotopic (exact) mass is 527 g/mol. The number of carbonyl (C=O) groups is 1. The SMILES string of the molecule is CCC(CCC(C)C(=O)N1CCc2ncc(C(F)(F)F)cc2C1)NC1CCOCC1.OCC(F)(F)F. The maximum absolute atomic E-state index is 13.0. The van der Waals surface area contributed by atoms with Crippen LogP contribution in [-0.4, -0.2) is 65.5 Å². The van der Waals surface area contributed by atoms with Crippen molar-refractivity contribution >= 4 is 5.91 Å². The minimum absolute atomic E-state index is 0.0129. The van der Waals surface area contributed by atoms with Crippen molar-refractivity contribution in [2.75, 3.05) is 26.4 Å². The van der Waals surface area contributed by atoms with E-state index in [1.165, 1.54) is 0 Å². The summed E-state index contributed by atoms with van der Waals surface area (Å²) in [5, 5.41) is 11.0. The summed E-state index contributed by atoms with van der Waals surface area (Å²) in [6.07, 6.45) is -2.74. The lowest BCUT2D eigenvalue weighted by molar-refractivity contribution is -0.159. The van der Waals surface area contributed by atoms with Crippen LogP contribution in [0.15, 0.2) is 12.3 Å². The first kappa shape index (κ1) is 30.3. The lowest BCUT2D eigenvalue weighted by Crippen LogP contribution is -2.42. The predicted molar refractivity (Wildman–Crippen MR) is 121 cm³/mol. The van der Waals surface area contributed by atoms with Gasteiger partial charge in [0.05, 0.1) is 5.56 Å². The number of hydrogen-bond donors (Lipinski definition) is 2. The minimum Gasteiger partial charge on any atom is -0.387 e. The van der Waals surface area contributed by atoms with E-state index in [0.29, 0.717) is 36.3 Å². The molecule has 0 bridgehead atoms. The lowest BCUT2D eigenvalue weighted by Gasteiger charge is -2.32. The summed E-state index contributed by atoms with van der Waals surface area (Å²) in [7, 11) is 0. The maximum Gasteiger partial charge on any atom is 0.417 e. The van der Waals surface area contributed by atoms with Crippen LogP contribution in [0.4, 0.5) is 26.3 Å². The number of halogens is 6. The summed E-state index contributed by atoms with van der Waals surface area (Å²) in [5.74, 6) is -0.144. The Morgan fingerprint density at radius 3 is 2.42 bits per heavy atom. The molecule has 0 saturated carbocycles. The van der Waals surface area contributed by atoms with Crippen LogP contribution in [0.25, 0.3) is 0 Å². The Balaban J connectivity index is 0.000000678. The summed E-state index contributed by atoms with van der Waals surface area (Å²) < 4.78 is 76.0. The average Bonchev–Trinajstić information content (AvgIpc) is 2.85. The van der Waals surface area contributed by atoms with E-state index in [2.05, 4.69) is 17.2 Å². The van der Waals surface area contributed by atoms with Crippen LogP contribution < -0.4 is 5.32 Å². The smallest absolute Gasteiger partial charge is 0.387 e. The Morgan fingerprint density at radius 1 is 1.22 bits per heavy atom. The van der Waals surface area contributed by atoms with Crippen molar-refractivity contribution < 1.29 is 41.0 Å². The van der Waals surface area contributed by atoms with Crippen molar-refractivity contribution in [3.63, 3.8) is 0 Å². The van der Waals surface area contributed by atoms with Crippen molar-refractivity contribution in [1.82, 2.24) is 15.2 Å². The zero-order valence-electron chi connectivity index (χ0n) is 20.6. The average molecular weight is 528 g/mol. The topological polar surface area (TPSA) is 74.7 Å². The van der Waals surface area contributed by atoms with E-state index in [9.17, 15) is 31.1 Å². The maximum atomic E-state index is 13.0. The summed E-state index contributed by atoms with van der Waals surface area (Å²) in [6, 6.07) is 1.98. The standard InChI is InChI=1S/C22H32F3N3O2.C2H3F3O/c1-3-18(27-19-7-10-30-11-8-19)5-4-15(2)21(29)28-9-6-20-16(14-28)12-17(13-26-20)22(23,24)25;3-2(4,5)1-6/h12-13,15,18-19,27H,3-11,14H2,1-2H3;6H,1H2. The summed E-state index contributed by atoms with van der Waals surface area (Å²) in [4.78, 5) is 18.6. The van der Waals surface area contributed by atoms with Crippen LogP contribution in [0, 0.1) is 5.92 Å². The van der Waals surface area contributed by atoms with Crippen LogP contribution in [0.5, 0.6) is 0 Å². The third kappa shape index (κ3) is 9.85. The molecule has 2 aliphatic rings. The Labute approximate surface area is 207 Å². The zero-order chi connectivity index (χ0) is 26.9. The molecule has 1 aromatic heterocycles. The van der Waals surface area contributed by atoms with Gasteiger partial charge in [-0.25, -0.2) is 0 Å². The molecule has 0 radical (unpaired) electrons. The van der Waals surface area contributed by atoms with Crippen molar-refractivity contribution in [3.05, 3.63) is 29.1 Å². The van der Waals surface area contributed by atoms with E-state index in [1.54, 1.807) is 4.90 Å². The van der Waals surface area contributed by atoms with Gasteiger partial charge in [-0.2, -0.15) is 26.3 Å². The van der Waals surface area contributed by atoms with Gasteiger partial charge in [-0.3, -0.25) is 9.78 Å². The molecule has 1 amide bonds. The molecular weight excluding hydrogens is 492 g/mol. The number of rotatable bonds is 7. The third-order valence-electron chi connectivity index (χ3n) is 6.41. The molecule has 0 aromatic carbocycles. The third-order valence-corrected chi connectivity index (χ3v) is 6.41. The molecule has 1 saturated heterocycles. The van der Waals surface area contributed by atoms with Crippen LogP contribution >= 0.6 is 0 Å². The van der Waals surface area contributed by atoms with Crippen molar-refractivity contribution in [3.8, 4) is 0 Å². The Morgan fingerprint density at radius 2 is 1.86 bits per heavy atom. The summed E-state index contributed by atoms with van der Waals surface area (Å²) >= 11 is 0. The number of hydrogen-bond acceptors (Lipinski definition) is 5. The highest BCUT2D eigenvalue weighted by atomic mass is 19.4. The Bertz CT molecular complexity index is 828. The number of aliphatic hydroxyl groups excluding tert-OH is 1. The molecule has 36 heavy (non-hydrogen) atoms. The second kappa shape index (κ2) is 13.6. The largest absolute Gasteiger partial charge is 0.417 e. The van der Waals surface area contributed by atoms with Crippen LogP contribution in [0.3, 0.4) is 0 Å². The highest BCUT2D eigenvalue weighted by Crippen LogP contribution is 2.31. The number of amides is 1. The number of nitrogens with one attached hydrogen (secondary N) is 1. The van der Waals surface area contributed by atoms with Gasteiger partial charge in [0.2, 0.25) is 5.91 Å². The first-order chi connectivity index (χ1) is 16.8. The fourth-order valence-electron chi connectivity index (χ4n) is 4.26. The fraction of sp³-hybridized carbons (Fsp3) is 0.750. The first-order valence-corrected chi connectivity index (χ1v) is 12.2. The second-order valence-electron chi connectivity index (χ2n) is 9.25. The van der Waals surface area contributed by atoms with E-state index in [0.717, 1.165) is 57.6 Å². The molecule has 2 unspecified atom stereocenters. The number of ether oxygens (including phenoxy) is 1. The summed E-state index contributed by atoms with van der Waals surface area (Å²) in [5.41, 5.74) is 0.407. The molecule has 206 valence electrons. The molecule has 2 N–H and O–H groups in total. The van der Waals surface area contributed by atoms with Gasteiger partial charge in [0.15, 0.2) is 0 Å². The molecule has 12 heteroatoms. The second-order valence-corrected chi connectivity index (χ2v) is 9.25. The Hall–Kier alpha value is -1.92. The lowest BCUT2D eigenvalue weighted by atomic mass is 9.96. The predicted octanol–water partition coefficient (Wildman–Crippen LogP) is 4.49. The van der Waals surface area contributed by atoms with Crippen molar-refractivity contribution in [2.45, 2.75) is 83.4 Å². The van der Waals surface area contributed by atoms with Crippen LogP contribution in [0.1, 0.15) is 62.8 Å². The normalized spacial score (nSPS) is 18.6. The van der Waals surface area contributed by atoms with Gasteiger partial charge >= 0.3 is 12.4 Å². The molecule has 1 fully saturated rings. The van der Waals surface area contributed by atoms with Gasteiger partial charge < -0.3 is 20.1 Å². The first-order valence-electron chi connectivity index (χ1n) is 12.2. The zero-order valence-corrected chi connectivity index (χ0v) is 20.6. The van der Waals surface area contributed by atoms with Gasteiger partial charge in [0.1, 0.15) is 6.61 Å². The number of carbonyl (C=O) groups excluding carboxylic acids is 1. The summed E-state index contributed by atoms with van der Waals surface area (Å²) in [6.45, 7) is 4.64. The van der Waals surface area contributed by atoms with Gasteiger partial charge in [0.25, 0.3) is 0 Å². The molecule has 0 spiro atoms. The van der Waals surface area contributed by atoms with E-state index < -0.39 is 24.5 Å². The van der Waals surface area contributed by atoms with Crippen LogP contribution in [0.2, 0.25) is 0 Å². The molecule has 2 aliphatic heterocycles. The number of alkyl halides is 6. The molecule has 1 aromatic rings. The minimum atomic E-state index is -4.42. The number of fused-ring (bicyclic) bond motifs is 1. The highest BCUT2D eigenvalue weighted by molar-refractivity contribution is 5.78.